The number of aromatic nitrogens is 4. The number of carbonyl (C=O) groups is 1. The first-order chi connectivity index (χ1) is 16.8. The van der Waals surface area contributed by atoms with Gasteiger partial charge in [0.25, 0.3) is 5.91 Å². The zero-order chi connectivity index (χ0) is 24.7. The number of hydrogen-bond donors (Lipinski definition) is 2. The van der Waals surface area contributed by atoms with E-state index >= 15 is 0 Å². The highest BCUT2D eigenvalue weighted by molar-refractivity contribution is 6.42. The van der Waals surface area contributed by atoms with E-state index in [9.17, 15) is 4.79 Å². The molecule has 1 aliphatic heterocycles. The third kappa shape index (κ3) is 4.29. The number of anilines is 2. The molecule has 0 spiro atoms. The zero-order valence-electron chi connectivity index (χ0n) is 19.3. The molecule has 0 saturated heterocycles. The van der Waals surface area contributed by atoms with Crippen LogP contribution in [-0.2, 0) is 4.79 Å². The highest BCUT2D eigenvalue weighted by Crippen LogP contribution is 2.41. The lowest BCUT2D eigenvalue weighted by Gasteiger charge is -2.29. The number of benzene rings is 2. The molecule has 1 amide bonds. The molecule has 7 nitrogen and oxygen atoms in total. The van der Waals surface area contributed by atoms with Crippen LogP contribution in [0.25, 0.3) is 11.4 Å². The van der Waals surface area contributed by atoms with Crippen LogP contribution in [0.15, 0.2) is 72.2 Å². The lowest BCUT2D eigenvalue weighted by molar-refractivity contribution is -0.113. The lowest BCUT2D eigenvalue weighted by atomic mass is 9.95. The fraction of sp³-hybridized carbons (Fsp3) is 0.154. The quantitative estimate of drug-likeness (QED) is 0.346. The van der Waals surface area contributed by atoms with Gasteiger partial charge in [-0.05, 0) is 56.2 Å². The first kappa shape index (κ1) is 23.1. The predicted octanol–water partition coefficient (Wildman–Crippen LogP) is 6.19. The van der Waals surface area contributed by atoms with Crippen molar-refractivity contribution in [1.82, 2.24) is 19.7 Å². The molecular formula is C26H22Cl2N6O. The molecule has 5 rings (SSSR count). The van der Waals surface area contributed by atoms with E-state index in [0.29, 0.717) is 44.3 Å². The number of aryl methyl sites for hydroxylation is 2. The number of halogens is 2. The van der Waals surface area contributed by atoms with Gasteiger partial charge in [-0.25, -0.2) is 4.68 Å². The van der Waals surface area contributed by atoms with Gasteiger partial charge in [0.15, 0.2) is 5.82 Å². The molecule has 1 unspecified atom stereocenters. The summed E-state index contributed by atoms with van der Waals surface area (Å²) in [5.74, 6) is 0.744. The van der Waals surface area contributed by atoms with Crippen molar-refractivity contribution in [3.05, 3.63) is 98.9 Å². The van der Waals surface area contributed by atoms with Gasteiger partial charge in [-0.1, -0.05) is 47.5 Å². The Morgan fingerprint density at radius 2 is 1.89 bits per heavy atom. The van der Waals surface area contributed by atoms with Crippen LogP contribution >= 0.6 is 23.2 Å². The second-order valence-corrected chi connectivity index (χ2v) is 9.19. The summed E-state index contributed by atoms with van der Waals surface area (Å²) < 4.78 is 1.69. The summed E-state index contributed by atoms with van der Waals surface area (Å²) in [5.41, 5.74) is 5.52. The number of carbonyl (C=O) groups excluding carboxylic acids is 1. The molecule has 0 aliphatic carbocycles. The van der Waals surface area contributed by atoms with Gasteiger partial charge in [-0.15, -0.1) is 5.10 Å². The fourth-order valence-corrected chi connectivity index (χ4v) is 4.51. The van der Waals surface area contributed by atoms with Crippen molar-refractivity contribution >= 4 is 40.7 Å². The molecule has 0 saturated carbocycles. The minimum atomic E-state index is -0.651. The molecular weight excluding hydrogens is 483 g/mol. The average Bonchev–Trinajstić information content (AvgIpc) is 3.26. The van der Waals surface area contributed by atoms with E-state index in [1.165, 1.54) is 5.56 Å². The number of rotatable bonds is 4. The molecule has 3 heterocycles. The Morgan fingerprint density at radius 3 is 2.63 bits per heavy atom. The van der Waals surface area contributed by atoms with Crippen LogP contribution in [-0.4, -0.2) is 25.7 Å². The minimum Gasteiger partial charge on any atom is -0.328 e. The standard InChI is InChI=1S/C26H22Cl2N6O/c1-14-9-10-17(12-15(14)2)24-32-26-30-16(3)21(25(35)31-18-6-5-11-29-13-18)23(34(26)33-24)19-7-4-8-20(27)22(19)28/h4-13,23H,1-3H3,(H,31,35)(H,30,32,33). The van der Waals surface area contributed by atoms with E-state index in [1.807, 2.05) is 38.1 Å². The molecule has 2 aromatic carbocycles. The molecule has 4 aromatic rings. The van der Waals surface area contributed by atoms with Gasteiger partial charge in [0.05, 0.1) is 27.5 Å². The monoisotopic (exact) mass is 504 g/mol. The molecule has 0 bridgehead atoms. The van der Waals surface area contributed by atoms with Crippen LogP contribution in [0, 0.1) is 13.8 Å². The molecule has 1 aliphatic rings. The van der Waals surface area contributed by atoms with Crippen molar-refractivity contribution in [1.29, 1.82) is 0 Å². The summed E-state index contributed by atoms with van der Waals surface area (Å²) in [6.45, 7) is 5.94. The third-order valence-electron chi connectivity index (χ3n) is 6.06. The normalized spacial score (nSPS) is 14.9. The van der Waals surface area contributed by atoms with Gasteiger partial charge >= 0.3 is 0 Å². The molecule has 9 heteroatoms. The van der Waals surface area contributed by atoms with Gasteiger partial charge in [0.2, 0.25) is 5.95 Å². The predicted molar refractivity (Wildman–Crippen MR) is 139 cm³/mol. The van der Waals surface area contributed by atoms with E-state index in [2.05, 4.69) is 22.5 Å². The van der Waals surface area contributed by atoms with Gasteiger partial charge in [-0.3, -0.25) is 9.78 Å². The van der Waals surface area contributed by atoms with Gasteiger partial charge in [0.1, 0.15) is 6.04 Å². The maximum Gasteiger partial charge on any atom is 0.255 e. The summed E-state index contributed by atoms with van der Waals surface area (Å²) in [6.07, 6.45) is 3.23. The summed E-state index contributed by atoms with van der Waals surface area (Å²) in [4.78, 5) is 22.4. The van der Waals surface area contributed by atoms with Crippen molar-refractivity contribution in [2.45, 2.75) is 26.8 Å². The van der Waals surface area contributed by atoms with Crippen LogP contribution in [0.3, 0.4) is 0 Å². The first-order valence-electron chi connectivity index (χ1n) is 11.0. The van der Waals surface area contributed by atoms with Crippen LogP contribution in [0.5, 0.6) is 0 Å². The summed E-state index contributed by atoms with van der Waals surface area (Å²) in [6, 6.07) is 14.3. The topological polar surface area (TPSA) is 84.7 Å². The Balaban J connectivity index is 1.65. The highest BCUT2D eigenvalue weighted by Gasteiger charge is 2.36. The van der Waals surface area contributed by atoms with E-state index in [0.717, 1.165) is 11.1 Å². The number of amides is 1. The number of nitrogens with zero attached hydrogens (tertiary/aromatic N) is 4. The zero-order valence-corrected chi connectivity index (χ0v) is 20.8. The number of hydrogen-bond acceptors (Lipinski definition) is 5. The number of pyridine rings is 1. The van der Waals surface area contributed by atoms with Crippen molar-refractivity contribution < 1.29 is 4.79 Å². The second-order valence-electron chi connectivity index (χ2n) is 8.41. The minimum absolute atomic E-state index is 0.307. The van der Waals surface area contributed by atoms with Crippen LogP contribution in [0.2, 0.25) is 10.0 Å². The van der Waals surface area contributed by atoms with Crippen LogP contribution in [0.1, 0.15) is 29.7 Å². The Kier molecular flexibility index (Phi) is 6.05. The van der Waals surface area contributed by atoms with Crippen molar-refractivity contribution in [2.24, 2.45) is 0 Å². The molecule has 35 heavy (non-hydrogen) atoms. The van der Waals surface area contributed by atoms with E-state index in [-0.39, 0.29) is 5.91 Å². The number of fused-ring (bicyclic) bond motifs is 1. The Hall–Kier alpha value is -3.68. The maximum absolute atomic E-state index is 13.6. The largest absolute Gasteiger partial charge is 0.328 e. The SMILES string of the molecule is CC1=C(C(=O)Nc2cccnc2)C(c2cccc(Cl)c2Cl)n2nc(-c3ccc(C)c(C)c3)nc2N1. The fourth-order valence-electron chi connectivity index (χ4n) is 4.10. The third-order valence-corrected chi connectivity index (χ3v) is 6.89. The van der Waals surface area contributed by atoms with Crippen molar-refractivity contribution in [3.63, 3.8) is 0 Å². The van der Waals surface area contributed by atoms with E-state index in [4.69, 9.17) is 33.3 Å². The van der Waals surface area contributed by atoms with Crippen LogP contribution < -0.4 is 10.6 Å². The van der Waals surface area contributed by atoms with Gasteiger partial charge in [-0.2, -0.15) is 4.98 Å². The molecule has 2 aromatic heterocycles. The average molecular weight is 505 g/mol. The molecule has 2 N–H and O–H groups in total. The van der Waals surface area contributed by atoms with Gasteiger partial charge in [0, 0.05) is 23.0 Å². The molecule has 1 atom stereocenters. The molecule has 176 valence electrons. The Labute approximate surface area is 212 Å². The number of allylic oxidation sites excluding steroid dienone is 1. The van der Waals surface area contributed by atoms with E-state index in [1.54, 1.807) is 41.3 Å². The summed E-state index contributed by atoms with van der Waals surface area (Å²) in [7, 11) is 0. The lowest BCUT2D eigenvalue weighted by Crippen LogP contribution is -2.31. The number of nitrogens with one attached hydrogen (secondary N) is 2. The Morgan fingerprint density at radius 1 is 1.06 bits per heavy atom. The molecule has 0 radical (unpaired) electrons. The van der Waals surface area contributed by atoms with E-state index < -0.39 is 6.04 Å². The second kappa shape index (κ2) is 9.17. The highest BCUT2D eigenvalue weighted by atomic mass is 35.5. The van der Waals surface area contributed by atoms with Crippen LogP contribution in [0.4, 0.5) is 11.6 Å². The van der Waals surface area contributed by atoms with Gasteiger partial charge < -0.3 is 10.6 Å². The molecule has 0 fully saturated rings. The van der Waals surface area contributed by atoms with Crippen molar-refractivity contribution in [2.75, 3.05) is 10.6 Å². The summed E-state index contributed by atoms with van der Waals surface area (Å²) in [5, 5.41) is 11.7. The first-order valence-corrected chi connectivity index (χ1v) is 11.8. The van der Waals surface area contributed by atoms with Crippen molar-refractivity contribution in [3.8, 4) is 11.4 Å². The maximum atomic E-state index is 13.6. The summed E-state index contributed by atoms with van der Waals surface area (Å²) >= 11 is 13.0. The smallest absolute Gasteiger partial charge is 0.255 e. The Bertz CT molecular complexity index is 1480.